The highest BCUT2D eigenvalue weighted by molar-refractivity contribution is 6.01. The highest BCUT2D eigenvalue weighted by Crippen LogP contribution is 2.25. The second-order valence-corrected chi connectivity index (χ2v) is 3.96. The van der Waals surface area contributed by atoms with Crippen LogP contribution in [-0.4, -0.2) is 42.7 Å². The van der Waals surface area contributed by atoms with Gasteiger partial charge in [-0.05, 0) is 25.5 Å². The molecule has 0 saturated heterocycles. The van der Waals surface area contributed by atoms with Crippen LogP contribution < -0.4 is 10.5 Å². The summed E-state index contributed by atoms with van der Waals surface area (Å²) >= 11 is 0. The Bertz CT molecular complexity index is 407. The summed E-state index contributed by atoms with van der Waals surface area (Å²) in [6.07, 6.45) is 0.541. The third-order valence-corrected chi connectivity index (χ3v) is 2.57. The molecule has 0 atom stereocenters. The van der Waals surface area contributed by atoms with Gasteiger partial charge in [0.15, 0.2) is 0 Å². The molecule has 3 N–H and O–H groups in total. The molecule has 1 rings (SSSR count). The van der Waals surface area contributed by atoms with Crippen LogP contribution in [0.5, 0.6) is 5.75 Å². The van der Waals surface area contributed by atoms with Crippen LogP contribution in [0.25, 0.3) is 0 Å². The lowest BCUT2D eigenvalue weighted by Crippen LogP contribution is -2.29. The van der Waals surface area contributed by atoms with Gasteiger partial charge in [0.1, 0.15) is 11.3 Å². The van der Waals surface area contributed by atoms with Crippen molar-refractivity contribution in [3.05, 3.63) is 23.8 Å². The molecule has 0 heterocycles. The summed E-state index contributed by atoms with van der Waals surface area (Å²) in [4.78, 5) is 13.8. The van der Waals surface area contributed by atoms with Gasteiger partial charge in [-0.25, -0.2) is 0 Å². The van der Waals surface area contributed by atoms with Crippen LogP contribution in [0, 0.1) is 0 Å². The molecular weight excluding hydrogens is 232 g/mol. The Morgan fingerprint density at radius 1 is 1.50 bits per heavy atom. The van der Waals surface area contributed by atoms with E-state index in [0.717, 1.165) is 0 Å². The summed E-state index contributed by atoms with van der Waals surface area (Å²) in [5.74, 6) is 0.309. The van der Waals surface area contributed by atoms with E-state index in [2.05, 4.69) is 0 Å². The van der Waals surface area contributed by atoms with Gasteiger partial charge in [-0.2, -0.15) is 0 Å². The second kappa shape index (κ2) is 6.86. The van der Waals surface area contributed by atoms with Gasteiger partial charge < -0.3 is 20.5 Å². The average Bonchev–Trinajstić information content (AvgIpc) is 2.36. The predicted molar refractivity (Wildman–Crippen MR) is 70.7 cm³/mol. The largest absolute Gasteiger partial charge is 0.493 e. The van der Waals surface area contributed by atoms with E-state index >= 15 is 0 Å². The Hall–Kier alpha value is -1.75. The molecule has 0 aliphatic rings. The molecule has 1 amide bonds. The molecule has 0 aliphatic heterocycles. The number of hydrogen-bond acceptors (Lipinski definition) is 4. The maximum absolute atomic E-state index is 12.3. The molecular formula is C13H20N2O3. The topological polar surface area (TPSA) is 75.8 Å². The van der Waals surface area contributed by atoms with Crippen LogP contribution in [0.1, 0.15) is 23.7 Å². The molecule has 5 nitrogen and oxygen atoms in total. The minimum atomic E-state index is -0.190. The summed E-state index contributed by atoms with van der Waals surface area (Å²) in [5, 5.41) is 8.77. The molecule has 18 heavy (non-hydrogen) atoms. The van der Waals surface area contributed by atoms with Crippen LogP contribution in [0.3, 0.4) is 0 Å². The van der Waals surface area contributed by atoms with Crippen molar-refractivity contribution < 1.29 is 14.6 Å². The Morgan fingerprint density at radius 3 is 2.83 bits per heavy atom. The van der Waals surface area contributed by atoms with E-state index in [9.17, 15) is 4.79 Å². The number of nitrogens with two attached hydrogens (primary N) is 1. The second-order valence-electron chi connectivity index (χ2n) is 3.96. The van der Waals surface area contributed by atoms with Gasteiger partial charge in [-0.15, -0.1) is 0 Å². The summed E-state index contributed by atoms with van der Waals surface area (Å²) in [6.45, 7) is 2.87. The first kappa shape index (κ1) is 14.3. The number of aliphatic hydroxyl groups is 1. The Labute approximate surface area is 107 Å². The molecule has 0 fully saturated rings. The lowest BCUT2D eigenvalue weighted by atomic mass is 10.1. The van der Waals surface area contributed by atoms with E-state index in [1.165, 1.54) is 4.90 Å². The van der Waals surface area contributed by atoms with Crippen molar-refractivity contribution in [2.45, 2.75) is 13.3 Å². The fraction of sp³-hybridized carbons (Fsp3) is 0.462. The third-order valence-electron chi connectivity index (χ3n) is 2.57. The SMILES string of the molecule is CCOc1cccc(N)c1C(=O)N(C)CCCO. The predicted octanol–water partition coefficient (Wildman–Crippen LogP) is 1.12. The number of ether oxygens (including phenoxy) is 1. The lowest BCUT2D eigenvalue weighted by Gasteiger charge is -2.19. The van der Waals surface area contributed by atoms with Crippen molar-refractivity contribution >= 4 is 11.6 Å². The number of rotatable bonds is 6. The van der Waals surface area contributed by atoms with Gasteiger partial charge in [0.05, 0.1) is 6.61 Å². The molecule has 5 heteroatoms. The highest BCUT2D eigenvalue weighted by Gasteiger charge is 2.19. The lowest BCUT2D eigenvalue weighted by molar-refractivity contribution is 0.0783. The molecule has 0 aromatic heterocycles. The first-order valence-corrected chi connectivity index (χ1v) is 5.99. The quantitative estimate of drug-likeness (QED) is 0.744. The Morgan fingerprint density at radius 2 is 2.22 bits per heavy atom. The zero-order chi connectivity index (χ0) is 13.5. The number of nitrogen functional groups attached to an aromatic ring is 1. The van der Waals surface area contributed by atoms with E-state index in [0.29, 0.717) is 36.6 Å². The van der Waals surface area contributed by atoms with Crippen LogP contribution >= 0.6 is 0 Å². The van der Waals surface area contributed by atoms with Gasteiger partial charge in [0.2, 0.25) is 0 Å². The Balaban J connectivity index is 2.96. The van der Waals surface area contributed by atoms with Crippen LogP contribution in [0.4, 0.5) is 5.69 Å². The third kappa shape index (κ3) is 3.37. The number of aliphatic hydroxyl groups excluding tert-OH is 1. The first-order chi connectivity index (χ1) is 8.61. The molecule has 0 aliphatic carbocycles. The number of amides is 1. The molecule has 0 radical (unpaired) electrons. The average molecular weight is 252 g/mol. The first-order valence-electron chi connectivity index (χ1n) is 5.99. The number of carbonyl (C=O) groups excluding carboxylic acids is 1. The maximum atomic E-state index is 12.3. The van der Waals surface area contributed by atoms with Crippen molar-refractivity contribution in [3.63, 3.8) is 0 Å². The van der Waals surface area contributed by atoms with E-state index in [4.69, 9.17) is 15.6 Å². The van der Waals surface area contributed by atoms with E-state index in [1.54, 1.807) is 25.2 Å². The van der Waals surface area contributed by atoms with Gasteiger partial charge in [-0.1, -0.05) is 6.07 Å². The van der Waals surface area contributed by atoms with Gasteiger partial charge in [-0.3, -0.25) is 4.79 Å². The van der Waals surface area contributed by atoms with E-state index in [-0.39, 0.29) is 12.5 Å². The molecule has 0 bridgehead atoms. The summed E-state index contributed by atoms with van der Waals surface area (Å²) in [5.41, 5.74) is 6.64. The normalized spacial score (nSPS) is 10.2. The fourth-order valence-corrected chi connectivity index (χ4v) is 1.65. The fourth-order valence-electron chi connectivity index (χ4n) is 1.65. The van der Waals surface area contributed by atoms with Crippen molar-refractivity contribution in [2.75, 3.05) is 32.5 Å². The van der Waals surface area contributed by atoms with E-state index < -0.39 is 0 Å². The number of anilines is 1. The maximum Gasteiger partial charge on any atom is 0.259 e. The van der Waals surface area contributed by atoms with Crippen LogP contribution in [0.15, 0.2) is 18.2 Å². The van der Waals surface area contributed by atoms with Crippen molar-refractivity contribution in [2.24, 2.45) is 0 Å². The summed E-state index contributed by atoms with van der Waals surface area (Å²) in [7, 11) is 1.68. The summed E-state index contributed by atoms with van der Waals surface area (Å²) in [6, 6.07) is 5.16. The highest BCUT2D eigenvalue weighted by atomic mass is 16.5. The molecule has 0 unspecified atom stereocenters. The molecule has 100 valence electrons. The van der Waals surface area contributed by atoms with E-state index in [1.807, 2.05) is 6.92 Å². The number of carbonyl (C=O) groups is 1. The van der Waals surface area contributed by atoms with Gasteiger partial charge in [0.25, 0.3) is 5.91 Å². The Kier molecular flexibility index (Phi) is 5.45. The van der Waals surface area contributed by atoms with Gasteiger partial charge >= 0.3 is 0 Å². The monoisotopic (exact) mass is 252 g/mol. The molecule has 0 saturated carbocycles. The number of nitrogens with zero attached hydrogens (tertiary/aromatic N) is 1. The minimum Gasteiger partial charge on any atom is -0.493 e. The number of benzene rings is 1. The minimum absolute atomic E-state index is 0.0558. The molecule has 1 aromatic rings. The van der Waals surface area contributed by atoms with Crippen LogP contribution in [-0.2, 0) is 0 Å². The molecule has 1 aromatic carbocycles. The molecule has 0 spiro atoms. The summed E-state index contributed by atoms with van der Waals surface area (Å²) < 4.78 is 5.42. The smallest absolute Gasteiger partial charge is 0.259 e. The standard InChI is InChI=1S/C13H20N2O3/c1-3-18-11-7-4-6-10(14)12(11)13(17)15(2)8-5-9-16/h4,6-7,16H,3,5,8-9,14H2,1-2H3. The zero-order valence-corrected chi connectivity index (χ0v) is 10.8. The van der Waals surface area contributed by atoms with Crippen molar-refractivity contribution in [1.82, 2.24) is 4.90 Å². The van der Waals surface area contributed by atoms with Crippen LogP contribution in [0.2, 0.25) is 0 Å². The van der Waals surface area contributed by atoms with Gasteiger partial charge in [0, 0.05) is 25.9 Å². The van der Waals surface area contributed by atoms with Crippen molar-refractivity contribution in [3.8, 4) is 5.75 Å². The number of hydrogen-bond donors (Lipinski definition) is 2. The van der Waals surface area contributed by atoms with Crippen molar-refractivity contribution in [1.29, 1.82) is 0 Å². The zero-order valence-electron chi connectivity index (χ0n) is 10.8.